The minimum absolute atomic E-state index is 0.0180. The highest BCUT2D eigenvalue weighted by Crippen LogP contribution is 2.45. The van der Waals surface area contributed by atoms with Crippen LogP contribution in [0, 0.1) is 5.41 Å². The van der Waals surface area contributed by atoms with E-state index in [0.717, 1.165) is 12.8 Å². The highest BCUT2D eigenvalue weighted by atomic mass is 16.5. The van der Waals surface area contributed by atoms with Crippen molar-refractivity contribution in [1.82, 2.24) is 14.7 Å². The molecule has 0 aromatic carbocycles. The van der Waals surface area contributed by atoms with Gasteiger partial charge in [-0.05, 0) is 18.3 Å². The molecular formula is C20H29N3O4. The van der Waals surface area contributed by atoms with Gasteiger partial charge in [0.15, 0.2) is 17.2 Å². The van der Waals surface area contributed by atoms with Crippen molar-refractivity contribution in [1.29, 1.82) is 0 Å². The minimum atomic E-state index is -0.901. The number of rotatable bonds is 1. The van der Waals surface area contributed by atoms with Crippen molar-refractivity contribution in [3.8, 4) is 5.75 Å². The molecule has 0 bridgehead atoms. The predicted molar refractivity (Wildman–Crippen MR) is 99.2 cm³/mol. The average Bonchev–Trinajstić information content (AvgIpc) is 3.22. The fourth-order valence-electron chi connectivity index (χ4n) is 4.94. The van der Waals surface area contributed by atoms with Crippen molar-refractivity contribution in [2.75, 3.05) is 6.54 Å². The van der Waals surface area contributed by atoms with Crippen molar-refractivity contribution >= 4 is 11.9 Å². The molecule has 3 heterocycles. The maximum Gasteiger partial charge on any atom is 0.407 e. The molecule has 1 aliphatic carbocycles. The molecule has 2 unspecified atom stereocenters. The second-order valence-corrected chi connectivity index (χ2v) is 9.46. The Morgan fingerprint density at radius 2 is 2.04 bits per heavy atom. The summed E-state index contributed by atoms with van der Waals surface area (Å²) in [5.41, 5.74) is -0.412. The lowest BCUT2D eigenvalue weighted by Crippen LogP contribution is -2.59. The molecule has 1 spiro atoms. The standard InChI is InChI=1S/C20H29N3O4/c1-19(2,3)16-11-20(8-9-22(16)18(25)26)10-14(24)17-15(27-20)12-23(21-17)13-6-4-5-7-13/h12-13,16H,4-11H2,1-3H3,(H,25,26). The molecule has 7 nitrogen and oxygen atoms in total. The van der Waals surface area contributed by atoms with E-state index in [4.69, 9.17) is 4.74 Å². The van der Waals surface area contributed by atoms with Gasteiger partial charge in [-0.3, -0.25) is 9.48 Å². The Kier molecular flexibility index (Phi) is 4.24. The summed E-state index contributed by atoms with van der Waals surface area (Å²) in [6.45, 7) is 6.51. The number of hydrogen-bond donors (Lipinski definition) is 1. The van der Waals surface area contributed by atoms with E-state index in [2.05, 4.69) is 5.10 Å². The van der Waals surface area contributed by atoms with E-state index in [1.165, 1.54) is 17.7 Å². The topological polar surface area (TPSA) is 84.7 Å². The summed E-state index contributed by atoms with van der Waals surface area (Å²) in [6.07, 6.45) is 6.93. The summed E-state index contributed by atoms with van der Waals surface area (Å²) in [6, 6.07) is 0.169. The number of carbonyl (C=O) groups excluding carboxylic acids is 1. The molecule has 2 fully saturated rings. The van der Waals surface area contributed by atoms with E-state index in [0.29, 0.717) is 36.9 Å². The Bertz CT molecular complexity index is 760. The molecule has 2 aliphatic heterocycles. The van der Waals surface area contributed by atoms with Gasteiger partial charge in [-0.25, -0.2) is 4.79 Å². The number of hydrogen-bond acceptors (Lipinski definition) is 4. The number of ether oxygens (including phenoxy) is 1. The highest BCUT2D eigenvalue weighted by Gasteiger charge is 2.51. The lowest BCUT2D eigenvalue weighted by atomic mass is 9.72. The smallest absolute Gasteiger partial charge is 0.407 e. The lowest BCUT2D eigenvalue weighted by molar-refractivity contribution is -0.0522. The Hall–Kier alpha value is -2.05. The molecule has 0 radical (unpaired) electrons. The summed E-state index contributed by atoms with van der Waals surface area (Å²) in [5.74, 6) is 0.596. The summed E-state index contributed by atoms with van der Waals surface area (Å²) in [5, 5.41) is 14.1. The van der Waals surface area contributed by atoms with Crippen molar-refractivity contribution in [2.45, 2.75) is 83.4 Å². The predicted octanol–water partition coefficient (Wildman–Crippen LogP) is 3.89. The zero-order valence-electron chi connectivity index (χ0n) is 16.4. The van der Waals surface area contributed by atoms with Crippen LogP contribution in [-0.4, -0.2) is 49.9 Å². The van der Waals surface area contributed by atoms with Crippen LogP contribution in [0.4, 0.5) is 4.79 Å². The lowest BCUT2D eigenvalue weighted by Gasteiger charge is -2.50. The van der Waals surface area contributed by atoms with Crippen LogP contribution in [0.3, 0.4) is 0 Å². The normalized spacial score (nSPS) is 29.1. The number of carbonyl (C=O) groups is 2. The van der Waals surface area contributed by atoms with Crippen LogP contribution in [0.25, 0.3) is 0 Å². The number of piperidine rings is 1. The van der Waals surface area contributed by atoms with Gasteiger partial charge in [0, 0.05) is 25.4 Å². The first-order chi connectivity index (χ1) is 12.7. The molecule has 7 heteroatoms. The first kappa shape index (κ1) is 18.3. The van der Waals surface area contributed by atoms with Crippen LogP contribution in [0.15, 0.2) is 6.20 Å². The zero-order valence-corrected chi connectivity index (χ0v) is 16.4. The highest BCUT2D eigenvalue weighted by molar-refractivity contribution is 5.98. The monoisotopic (exact) mass is 375 g/mol. The van der Waals surface area contributed by atoms with Gasteiger partial charge in [0.05, 0.1) is 18.7 Å². The zero-order chi connectivity index (χ0) is 19.4. The van der Waals surface area contributed by atoms with E-state index in [1.807, 2.05) is 31.6 Å². The number of Topliss-reactive ketones (excluding diaryl/α,β-unsaturated/α-hetero) is 1. The molecule has 4 rings (SSSR count). The van der Waals surface area contributed by atoms with Crippen molar-refractivity contribution in [3.05, 3.63) is 11.9 Å². The molecule has 2 atom stereocenters. The van der Waals surface area contributed by atoms with Crippen molar-refractivity contribution in [3.63, 3.8) is 0 Å². The number of fused-ring (bicyclic) bond motifs is 1. The van der Waals surface area contributed by atoms with Gasteiger partial charge >= 0.3 is 6.09 Å². The van der Waals surface area contributed by atoms with Gasteiger partial charge in [0.2, 0.25) is 0 Å². The number of aromatic nitrogens is 2. The van der Waals surface area contributed by atoms with Crippen LogP contribution in [0.1, 0.15) is 82.2 Å². The Morgan fingerprint density at radius 1 is 1.33 bits per heavy atom. The summed E-state index contributed by atoms with van der Waals surface area (Å²) >= 11 is 0. The van der Waals surface area contributed by atoms with Gasteiger partial charge in [-0.15, -0.1) is 0 Å². The second kappa shape index (κ2) is 6.24. The fraction of sp³-hybridized carbons (Fsp3) is 0.750. The summed E-state index contributed by atoms with van der Waals surface area (Å²) in [4.78, 5) is 26.1. The maximum atomic E-state index is 12.9. The Balaban J connectivity index is 1.61. The number of likely N-dealkylation sites (tertiary alicyclic amines) is 1. The number of amides is 1. The van der Waals surface area contributed by atoms with Gasteiger partial charge in [0.25, 0.3) is 0 Å². The SMILES string of the molecule is CC(C)(C)C1CC2(CCN1C(=O)O)CC(=O)c1nn(C3CCCC3)cc1O2. The third-order valence-corrected chi connectivity index (χ3v) is 6.47. The molecule has 1 aromatic rings. The van der Waals surface area contributed by atoms with Gasteiger partial charge in [-0.2, -0.15) is 5.10 Å². The fourth-order valence-corrected chi connectivity index (χ4v) is 4.94. The summed E-state index contributed by atoms with van der Waals surface area (Å²) < 4.78 is 8.32. The average molecular weight is 375 g/mol. The molecule has 1 aromatic heterocycles. The van der Waals surface area contributed by atoms with Crippen LogP contribution < -0.4 is 4.74 Å². The molecule has 27 heavy (non-hydrogen) atoms. The van der Waals surface area contributed by atoms with Gasteiger partial charge < -0.3 is 14.7 Å². The van der Waals surface area contributed by atoms with E-state index in [9.17, 15) is 14.7 Å². The molecule has 1 amide bonds. The minimum Gasteiger partial charge on any atom is -0.483 e. The van der Waals surface area contributed by atoms with E-state index >= 15 is 0 Å². The van der Waals surface area contributed by atoms with Crippen LogP contribution in [-0.2, 0) is 0 Å². The second-order valence-electron chi connectivity index (χ2n) is 9.46. The third-order valence-electron chi connectivity index (χ3n) is 6.47. The first-order valence-corrected chi connectivity index (χ1v) is 9.99. The van der Waals surface area contributed by atoms with Gasteiger partial charge in [-0.1, -0.05) is 33.6 Å². The molecular weight excluding hydrogens is 346 g/mol. The van der Waals surface area contributed by atoms with E-state index in [-0.39, 0.29) is 23.7 Å². The van der Waals surface area contributed by atoms with Crippen molar-refractivity contribution < 1.29 is 19.4 Å². The number of nitrogens with zero attached hydrogens (tertiary/aromatic N) is 3. The molecule has 3 aliphatic rings. The van der Waals surface area contributed by atoms with E-state index < -0.39 is 11.7 Å². The largest absolute Gasteiger partial charge is 0.483 e. The summed E-state index contributed by atoms with van der Waals surface area (Å²) in [7, 11) is 0. The molecule has 1 N–H and O–H groups in total. The molecule has 1 saturated carbocycles. The van der Waals surface area contributed by atoms with Crippen LogP contribution in [0.5, 0.6) is 5.75 Å². The van der Waals surface area contributed by atoms with Crippen molar-refractivity contribution in [2.24, 2.45) is 5.41 Å². The van der Waals surface area contributed by atoms with Crippen LogP contribution >= 0.6 is 0 Å². The maximum absolute atomic E-state index is 12.9. The third kappa shape index (κ3) is 3.21. The van der Waals surface area contributed by atoms with Gasteiger partial charge in [0.1, 0.15) is 5.60 Å². The van der Waals surface area contributed by atoms with Crippen LogP contribution in [0.2, 0.25) is 0 Å². The Labute approximate surface area is 159 Å². The molecule has 148 valence electrons. The Morgan fingerprint density at radius 3 is 2.67 bits per heavy atom. The molecule has 1 saturated heterocycles. The quantitative estimate of drug-likeness (QED) is 0.805. The number of carboxylic acid groups (broad SMARTS) is 1. The number of ketones is 1. The first-order valence-electron chi connectivity index (χ1n) is 9.99. The van der Waals surface area contributed by atoms with E-state index in [1.54, 1.807) is 0 Å².